The van der Waals surface area contributed by atoms with Crippen LogP contribution in [-0.2, 0) is 14.3 Å². The molecule has 1 aromatic rings. The molecule has 0 saturated carbocycles. The van der Waals surface area contributed by atoms with Crippen LogP contribution in [0, 0.1) is 25.2 Å². The topological polar surface area (TPSA) is 78.6 Å². The molecule has 7 nitrogen and oxygen atoms in total. The lowest BCUT2D eigenvalue weighted by molar-refractivity contribution is -0.130. The van der Waals surface area contributed by atoms with Gasteiger partial charge in [0.1, 0.15) is 11.6 Å². The molecule has 0 spiro atoms. The summed E-state index contributed by atoms with van der Waals surface area (Å²) in [6, 6.07) is 4.22. The largest absolute Gasteiger partial charge is 0.383 e. The predicted octanol–water partition coefficient (Wildman–Crippen LogP) is 2.30. The van der Waals surface area contributed by atoms with Crippen molar-refractivity contribution >= 4 is 17.9 Å². The highest BCUT2D eigenvalue weighted by molar-refractivity contribution is 6.01. The molecule has 2 amide bonds. The van der Waals surface area contributed by atoms with Crippen LogP contribution in [0.2, 0.25) is 0 Å². The van der Waals surface area contributed by atoms with Gasteiger partial charge >= 0.3 is 0 Å². The molecule has 1 aliphatic heterocycles. The Labute approximate surface area is 167 Å². The van der Waals surface area contributed by atoms with Gasteiger partial charge in [0.2, 0.25) is 5.91 Å². The van der Waals surface area contributed by atoms with Crippen molar-refractivity contribution in [3.8, 4) is 6.07 Å². The smallest absolute Gasteiger partial charge is 0.264 e. The first-order valence-corrected chi connectivity index (χ1v) is 9.64. The standard InChI is InChI=1S/C21H30N4O3/c1-15-11-19(17(3)25(15)16(2)14-28-5)12-20(13-22)21(27)24-8-6-7-23(9-10-24)18(4)26/h11-12,16H,6-10,14H2,1-5H3/b20-12+. The minimum Gasteiger partial charge on any atom is -0.383 e. The number of nitrogens with zero attached hydrogens (tertiary/aromatic N) is 4. The number of aryl methyl sites for hydroxylation is 1. The molecule has 2 heterocycles. The Morgan fingerprint density at radius 1 is 1.25 bits per heavy atom. The van der Waals surface area contributed by atoms with Gasteiger partial charge in [-0.2, -0.15) is 5.26 Å². The maximum Gasteiger partial charge on any atom is 0.264 e. The van der Waals surface area contributed by atoms with E-state index in [0.717, 1.165) is 17.0 Å². The Hall–Kier alpha value is -2.59. The van der Waals surface area contributed by atoms with Crippen LogP contribution in [-0.4, -0.2) is 66.1 Å². The predicted molar refractivity (Wildman–Crippen MR) is 108 cm³/mol. The van der Waals surface area contributed by atoms with Gasteiger partial charge in [-0.1, -0.05) is 0 Å². The Kier molecular flexibility index (Phi) is 7.41. The van der Waals surface area contributed by atoms with E-state index in [4.69, 9.17) is 4.74 Å². The quantitative estimate of drug-likeness (QED) is 0.575. The molecule has 0 aliphatic carbocycles. The lowest BCUT2D eigenvalue weighted by Crippen LogP contribution is -2.37. The summed E-state index contributed by atoms with van der Waals surface area (Å²) in [6.07, 6.45) is 2.39. The molecule has 0 radical (unpaired) electrons. The van der Waals surface area contributed by atoms with Crippen LogP contribution in [0.25, 0.3) is 6.08 Å². The van der Waals surface area contributed by atoms with E-state index in [1.54, 1.807) is 29.9 Å². The first-order chi connectivity index (χ1) is 13.3. The van der Waals surface area contributed by atoms with Gasteiger partial charge in [-0.3, -0.25) is 9.59 Å². The van der Waals surface area contributed by atoms with Crippen LogP contribution in [0.5, 0.6) is 0 Å². The maximum absolute atomic E-state index is 12.9. The summed E-state index contributed by atoms with van der Waals surface area (Å²) >= 11 is 0. The second kappa shape index (κ2) is 9.56. The van der Waals surface area contributed by atoms with Gasteiger partial charge in [-0.15, -0.1) is 0 Å². The molecule has 0 N–H and O–H groups in total. The molecule has 152 valence electrons. The zero-order valence-electron chi connectivity index (χ0n) is 17.5. The summed E-state index contributed by atoms with van der Waals surface area (Å²) in [5.41, 5.74) is 3.05. The fourth-order valence-corrected chi connectivity index (χ4v) is 3.85. The van der Waals surface area contributed by atoms with Crippen LogP contribution in [0.1, 0.15) is 43.3 Å². The van der Waals surface area contributed by atoms with Crippen molar-refractivity contribution in [1.82, 2.24) is 14.4 Å². The average molecular weight is 386 g/mol. The molecule has 2 rings (SSSR count). The van der Waals surface area contributed by atoms with E-state index >= 15 is 0 Å². The van der Waals surface area contributed by atoms with Crippen molar-refractivity contribution in [3.05, 3.63) is 28.6 Å². The number of nitriles is 1. The second-order valence-corrected chi connectivity index (χ2v) is 7.32. The average Bonchev–Trinajstić information content (AvgIpc) is 2.81. The first-order valence-electron chi connectivity index (χ1n) is 9.64. The molecule has 1 fully saturated rings. The van der Waals surface area contributed by atoms with Gasteiger partial charge in [0.25, 0.3) is 5.91 Å². The molecule has 1 saturated heterocycles. The number of ether oxygens (including phenoxy) is 1. The number of amides is 2. The summed E-state index contributed by atoms with van der Waals surface area (Å²) in [5, 5.41) is 9.60. The van der Waals surface area contributed by atoms with Gasteiger partial charge in [0.05, 0.1) is 12.6 Å². The van der Waals surface area contributed by atoms with Crippen LogP contribution in [0.3, 0.4) is 0 Å². The highest BCUT2D eigenvalue weighted by Crippen LogP contribution is 2.23. The molecule has 28 heavy (non-hydrogen) atoms. The van der Waals surface area contributed by atoms with Gasteiger partial charge in [0.15, 0.2) is 0 Å². The highest BCUT2D eigenvalue weighted by Gasteiger charge is 2.23. The molecular weight excluding hydrogens is 356 g/mol. The third-order valence-corrected chi connectivity index (χ3v) is 5.25. The van der Waals surface area contributed by atoms with Crippen molar-refractivity contribution in [3.63, 3.8) is 0 Å². The SMILES string of the molecule is COCC(C)n1c(C)cc(/C=C(\C#N)C(=O)N2CCCN(C(C)=O)CC2)c1C. The summed E-state index contributed by atoms with van der Waals surface area (Å²) in [6.45, 7) is 10.3. The number of hydrogen-bond donors (Lipinski definition) is 0. The minimum atomic E-state index is -0.275. The van der Waals surface area contributed by atoms with Crippen LogP contribution in [0.15, 0.2) is 11.6 Å². The Morgan fingerprint density at radius 3 is 2.50 bits per heavy atom. The second-order valence-electron chi connectivity index (χ2n) is 7.32. The molecule has 1 atom stereocenters. The number of hydrogen-bond acceptors (Lipinski definition) is 4. The maximum atomic E-state index is 12.9. The lowest BCUT2D eigenvalue weighted by atomic mass is 10.1. The Morgan fingerprint density at radius 2 is 1.89 bits per heavy atom. The zero-order valence-corrected chi connectivity index (χ0v) is 17.5. The minimum absolute atomic E-state index is 0.0166. The van der Waals surface area contributed by atoms with E-state index in [2.05, 4.69) is 17.6 Å². The van der Waals surface area contributed by atoms with Crippen molar-refractivity contribution < 1.29 is 14.3 Å². The molecule has 7 heteroatoms. The van der Waals surface area contributed by atoms with Gasteiger partial charge in [-0.25, -0.2) is 0 Å². The molecule has 0 aromatic carbocycles. The summed E-state index contributed by atoms with van der Waals surface area (Å²) in [4.78, 5) is 27.9. The van der Waals surface area contributed by atoms with E-state index in [1.165, 1.54) is 0 Å². The number of carbonyl (C=O) groups excluding carboxylic acids is 2. The molecule has 1 aliphatic rings. The fraction of sp³-hybridized carbons (Fsp3) is 0.571. The zero-order chi connectivity index (χ0) is 20.8. The number of carbonyl (C=O) groups is 2. The van der Waals surface area contributed by atoms with Crippen molar-refractivity contribution in [2.45, 2.75) is 40.2 Å². The number of methoxy groups -OCH3 is 1. The monoisotopic (exact) mass is 386 g/mol. The Balaban J connectivity index is 2.24. The van der Waals surface area contributed by atoms with Crippen molar-refractivity contribution in [2.75, 3.05) is 39.9 Å². The fourth-order valence-electron chi connectivity index (χ4n) is 3.85. The first kappa shape index (κ1) is 21.7. The van der Waals surface area contributed by atoms with Gasteiger partial charge < -0.3 is 19.1 Å². The molecule has 1 aromatic heterocycles. The van der Waals surface area contributed by atoms with Crippen molar-refractivity contribution in [1.29, 1.82) is 5.26 Å². The molecule has 0 bridgehead atoms. The third-order valence-electron chi connectivity index (χ3n) is 5.25. The number of aromatic nitrogens is 1. The van der Waals surface area contributed by atoms with Gasteiger partial charge in [0, 0.05) is 51.6 Å². The molecular formula is C21H30N4O3. The van der Waals surface area contributed by atoms with E-state index in [9.17, 15) is 14.9 Å². The Bertz CT molecular complexity index is 803. The summed E-state index contributed by atoms with van der Waals surface area (Å²) in [7, 11) is 1.67. The van der Waals surface area contributed by atoms with Crippen LogP contribution in [0.4, 0.5) is 0 Å². The normalized spacial score (nSPS) is 16.5. The summed E-state index contributed by atoms with van der Waals surface area (Å²) < 4.78 is 7.42. The van der Waals surface area contributed by atoms with Crippen LogP contribution >= 0.6 is 0 Å². The number of rotatable bonds is 5. The van der Waals surface area contributed by atoms with E-state index in [-0.39, 0.29) is 23.4 Å². The lowest BCUT2D eigenvalue weighted by Gasteiger charge is -2.21. The molecule has 1 unspecified atom stereocenters. The van der Waals surface area contributed by atoms with Gasteiger partial charge in [-0.05, 0) is 44.9 Å². The van der Waals surface area contributed by atoms with Crippen LogP contribution < -0.4 is 0 Å². The van der Waals surface area contributed by atoms with E-state index in [0.29, 0.717) is 39.2 Å². The third kappa shape index (κ3) is 4.82. The van der Waals surface area contributed by atoms with E-state index < -0.39 is 0 Å². The highest BCUT2D eigenvalue weighted by atomic mass is 16.5. The summed E-state index contributed by atoms with van der Waals surface area (Å²) in [5.74, 6) is -0.259. The van der Waals surface area contributed by atoms with E-state index in [1.807, 2.05) is 19.9 Å². The van der Waals surface area contributed by atoms with Crippen molar-refractivity contribution in [2.24, 2.45) is 0 Å².